The highest BCUT2D eigenvalue weighted by Crippen LogP contribution is 2.29. The lowest BCUT2D eigenvalue weighted by molar-refractivity contribution is -0.0512. The standard InChI is InChI=1S/C16H23F2N3O4S.HI/c1-3-19-16(21-12-6-7-26(22,23)10-12)20-9-11-4-5-13(24-2)14(8-11)25-15(17)18;/h4-5,8,12,15H,3,6-7,9-10H2,1-2H3,(H2,19,20,21);1H. The molecule has 1 unspecified atom stereocenters. The third-order valence-corrected chi connectivity index (χ3v) is 5.55. The number of hydrogen-bond donors (Lipinski definition) is 2. The summed E-state index contributed by atoms with van der Waals surface area (Å²) in [7, 11) is -1.63. The Balaban J connectivity index is 0.00000364. The number of methoxy groups -OCH3 is 1. The molecular formula is C16H24F2IN3O4S. The van der Waals surface area contributed by atoms with E-state index in [-0.39, 0.29) is 59.6 Å². The van der Waals surface area contributed by atoms with Gasteiger partial charge in [-0.05, 0) is 31.0 Å². The summed E-state index contributed by atoms with van der Waals surface area (Å²) >= 11 is 0. The van der Waals surface area contributed by atoms with E-state index in [1.54, 1.807) is 6.07 Å². The van der Waals surface area contributed by atoms with Crippen molar-refractivity contribution < 1.29 is 26.7 Å². The van der Waals surface area contributed by atoms with Gasteiger partial charge >= 0.3 is 6.61 Å². The number of nitrogens with one attached hydrogen (secondary N) is 2. The van der Waals surface area contributed by atoms with Crippen LogP contribution in [0.2, 0.25) is 0 Å². The molecule has 0 spiro atoms. The molecule has 1 atom stereocenters. The summed E-state index contributed by atoms with van der Waals surface area (Å²) in [5.74, 6) is 0.861. The molecule has 7 nitrogen and oxygen atoms in total. The second-order valence-electron chi connectivity index (χ2n) is 5.80. The number of guanidine groups is 1. The van der Waals surface area contributed by atoms with E-state index in [1.807, 2.05) is 6.92 Å². The molecule has 0 radical (unpaired) electrons. The minimum Gasteiger partial charge on any atom is -0.493 e. The van der Waals surface area contributed by atoms with Crippen LogP contribution in [0.1, 0.15) is 18.9 Å². The number of ether oxygens (including phenoxy) is 2. The molecule has 0 aliphatic carbocycles. The van der Waals surface area contributed by atoms with Crippen molar-refractivity contribution in [3.8, 4) is 11.5 Å². The lowest BCUT2D eigenvalue weighted by Crippen LogP contribution is -2.44. The Labute approximate surface area is 174 Å². The molecule has 154 valence electrons. The Bertz CT molecular complexity index is 747. The van der Waals surface area contributed by atoms with E-state index in [2.05, 4.69) is 20.4 Å². The van der Waals surface area contributed by atoms with Gasteiger partial charge < -0.3 is 20.1 Å². The fourth-order valence-electron chi connectivity index (χ4n) is 2.60. The van der Waals surface area contributed by atoms with Crippen LogP contribution >= 0.6 is 24.0 Å². The summed E-state index contributed by atoms with van der Waals surface area (Å²) in [6.07, 6.45) is 0.529. The second-order valence-corrected chi connectivity index (χ2v) is 8.03. The van der Waals surface area contributed by atoms with Crippen LogP contribution in [-0.4, -0.2) is 52.2 Å². The van der Waals surface area contributed by atoms with Gasteiger partial charge in [-0.15, -0.1) is 24.0 Å². The summed E-state index contributed by atoms with van der Waals surface area (Å²) in [5, 5.41) is 6.14. The van der Waals surface area contributed by atoms with E-state index in [9.17, 15) is 17.2 Å². The molecule has 0 saturated carbocycles. The van der Waals surface area contributed by atoms with Crippen LogP contribution in [0.3, 0.4) is 0 Å². The number of benzene rings is 1. The molecule has 1 aliphatic rings. The molecule has 1 aromatic carbocycles. The van der Waals surface area contributed by atoms with Crippen LogP contribution in [0, 0.1) is 0 Å². The van der Waals surface area contributed by atoms with Gasteiger partial charge in [0, 0.05) is 12.6 Å². The molecule has 1 heterocycles. The average molecular weight is 519 g/mol. The zero-order chi connectivity index (χ0) is 19.2. The maximum absolute atomic E-state index is 12.5. The molecular weight excluding hydrogens is 495 g/mol. The molecule has 2 rings (SSSR count). The van der Waals surface area contributed by atoms with Crippen LogP contribution in [0.5, 0.6) is 11.5 Å². The van der Waals surface area contributed by atoms with Gasteiger partial charge in [-0.3, -0.25) is 0 Å². The van der Waals surface area contributed by atoms with E-state index in [0.717, 1.165) is 0 Å². The number of halogens is 3. The Hall–Kier alpha value is -1.37. The zero-order valence-electron chi connectivity index (χ0n) is 15.1. The highest BCUT2D eigenvalue weighted by atomic mass is 127. The SMILES string of the molecule is CCNC(=NCc1ccc(OC)c(OC(F)F)c1)NC1CCS(=O)(=O)C1.I. The molecule has 1 aromatic rings. The average Bonchev–Trinajstić information content (AvgIpc) is 2.91. The highest BCUT2D eigenvalue weighted by molar-refractivity contribution is 14.0. The van der Waals surface area contributed by atoms with Gasteiger partial charge in [0.15, 0.2) is 27.3 Å². The summed E-state index contributed by atoms with van der Waals surface area (Å²) in [6.45, 7) is -0.248. The lowest BCUT2D eigenvalue weighted by Gasteiger charge is -2.16. The largest absolute Gasteiger partial charge is 0.493 e. The van der Waals surface area contributed by atoms with Crippen LogP contribution in [-0.2, 0) is 16.4 Å². The van der Waals surface area contributed by atoms with Gasteiger partial charge in [0.1, 0.15) is 0 Å². The third-order valence-electron chi connectivity index (χ3n) is 3.78. The third kappa shape index (κ3) is 7.64. The van der Waals surface area contributed by atoms with Crippen molar-refractivity contribution in [2.45, 2.75) is 32.5 Å². The fraction of sp³-hybridized carbons (Fsp3) is 0.562. The van der Waals surface area contributed by atoms with Crippen LogP contribution < -0.4 is 20.1 Å². The van der Waals surface area contributed by atoms with E-state index in [4.69, 9.17) is 4.74 Å². The summed E-state index contributed by atoms with van der Waals surface area (Å²) < 4.78 is 57.6. The Morgan fingerprint density at radius 2 is 2.11 bits per heavy atom. The van der Waals surface area contributed by atoms with Crippen molar-refractivity contribution in [2.24, 2.45) is 4.99 Å². The first-order valence-electron chi connectivity index (χ1n) is 8.20. The molecule has 0 amide bonds. The first-order valence-corrected chi connectivity index (χ1v) is 10.0. The molecule has 1 aliphatic heterocycles. The maximum atomic E-state index is 12.5. The van der Waals surface area contributed by atoms with Gasteiger partial charge in [0.05, 0.1) is 25.2 Å². The van der Waals surface area contributed by atoms with Crippen molar-refractivity contribution in [1.82, 2.24) is 10.6 Å². The van der Waals surface area contributed by atoms with Crippen molar-refractivity contribution >= 4 is 39.8 Å². The lowest BCUT2D eigenvalue weighted by atomic mass is 10.2. The fourth-order valence-corrected chi connectivity index (χ4v) is 4.27. The number of rotatable bonds is 7. The van der Waals surface area contributed by atoms with E-state index < -0.39 is 16.4 Å². The molecule has 11 heteroatoms. The smallest absolute Gasteiger partial charge is 0.387 e. The number of alkyl halides is 2. The minimum atomic E-state index is -2.99. The molecule has 0 aromatic heterocycles. The summed E-state index contributed by atoms with van der Waals surface area (Å²) in [4.78, 5) is 4.39. The van der Waals surface area contributed by atoms with Crippen LogP contribution in [0.4, 0.5) is 8.78 Å². The highest BCUT2D eigenvalue weighted by Gasteiger charge is 2.28. The molecule has 2 N–H and O–H groups in total. The second kappa shape index (κ2) is 10.8. The van der Waals surface area contributed by atoms with Gasteiger partial charge in [0.25, 0.3) is 0 Å². The van der Waals surface area contributed by atoms with Gasteiger partial charge in [-0.25, -0.2) is 13.4 Å². The number of aliphatic imine (C=N–C) groups is 1. The monoisotopic (exact) mass is 519 g/mol. The quantitative estimate of drug-likeness (QED) is 0.326. The van der Waals surface area contributed by atoms with Gasteiger partial charge in [-0.1, -0.05) is 6.07 Å². The predicted octanol–water partition coefficient (Wildman–Crippen LogP) is 2.16. The van der Waals surface area contributed by atoms with E-state index in [0.29, 0.717) is 24.5 Å². The molecule has 1 fully saturated rings. The first-order chi connectivity index (χ1) is 12.3. The van der Waals surface area contributed by atoms with Crippen molar-refractivity contribution in [1.29, 1.82) is 0 Å². The van der Waals surface area contributed by atoms with E-state index in [1.165, 1.54) is 19.2 Å². The predicted molar refractivity (Wildman–Crippen MR) is 110 cm³/mol. The van der Waals surface area contributed by atoms with Gasteiger partial charge in [-0.2, -0.15) is 8.78 Å². The molecule has 27 heavy (non-hydrogen) atoms. The molecule has 1 saturated heterocycles. The Kier molecular flexibility index (Phi) is 9.50. The first kappa shape index (κ1) is 23.7. The van der Waals surface area contributed by atoms with Crippen molar-refractivity contribution in [2.75, 3.05) is 25.2 Å². The molecule has 0 bridgehead atoms. The topological polar surface area (TPSA) is 89.0 Å². The Morgan fingerprint density at radius 3 is 2.67 bits per heavy atom. The summed E-state index contributed by atoms with van der Waals surface area (Å²) in [5.41, 5.74) is 0.651. The Morgan fingerprint density at radius 1 is 1.37 bits per heavy atom. The number of sulfone groups is 1. The summed E-state index contributed by atoms with van der Waals surface area (Å²) in [6, 6.07) is 4.49. The maximum Gasteiger partial charge on any atom is 0.387 e. The zero-order valence-corrected chi connectivity index (χ0v) is 18.2. The van der Waals surface area contributed by atoms with E-state index >= 15 is 0 Å². The van der Waals surface area contributed by atoms with Crippen molar-refractivity contribution in [3.63, 3.8) is 0 Å². The van der Waals surface area contributed by atoms with Gasteiger partial charge in [0.2, 0.25) is 0 Å². The van der Waals surface area contributed by atoms with Crippen molar-refractivity contribution in [3.05, 3.63) is 23.8 Å². The number of hydrogen-bond acceptors (Lipinski definition) is 5. The number of nitrogens with zero attached hydrogens (tertiary/aromatic N) is 1. The van der Waals surface area contributed by atoms with Crippen LogP contribution in [0.15, 0.2) is 23.2 Å². The van der Waals surface area contributed by atoms with Crippen LogP contribution in [0.25, 0.3) is 0 Å². The normalized spacial score (nSPS) is 18.7. The minimum absolute atomic E-state index is 0.